The molecule has 0 aromatic carbocycles. The highest BCUT2D eigenvalue weighted by Gasteiger charge is 2.97. The minimum Gasteiger partial charge on any atom is -0.463 e. The molecule has 6 nitrogen and oxygen atoms in total. The molecule has 0 radical (unpaired) electrons. The molecule has 0 amide bonds. The Morgan fingerprint density at radius 2 is 2.00 bits per heavy atom. The molecule has 9 rings (SSSR count). The summed E-state index contributed by atoms with van der Waals surface area (Å²) < 4.78 is 5.76. The molecule has 2 spiro atoms. The molecular formula is C22H30NO5+. The topological polar surface area (TPSA) is 91.4 Å². The summed E-state index contributed by atoms with van der Waals surface area (Å²) >= 11 is 0. The average molecular weight is 388 g/mol. The van der Waals surface area contributed by atoms with Gasteiger partial charge >= 0.3 is 5.97 Å². The molecule has 9 aliphatic rings. The van der Waals surface area contributed by atoms with Gasteiger partial charge in [0, 0.05) is 47.3 Å². The van der Waals surface area contributed by atoms with Gasteiger partial charge in [0.05, 0.1) is 24.8 Å². The van der Waals surface area contributed by atoms with Gasteiger partial charge in [-0.05, 0) is 19.3 Å². The highest BCUT2D eigenvalue weighted by molar-refractivity contribution is 5.66. The number of carbonyl (C=O) groups is 1. The number of nitrogens with one attached hydrogen (secondary N) is 1. The van der Waals surface area contributed by atoms with Crippen LogP contribution in [0.3, 0.4) is 0 Å². The summed E-state index contributed by atoms with van der Waals surface area (Å²) in [5.41, 5.74) is -0.926. The second kappa shape index (κ2) is 4.25. The van der Waals surface area contributed by atoms with Crippen molar-refractivity contribution in [1.29, 1.82) is 0 Å². The Morgan fingerprint density at radius 1 is 1.25 bits per heavy atom. The van der Waals surface area contributed by atoms with Crippen LogP contribution >= 0.6 is 0 Å². The van der Waals surface area contributed by atoms with Crippen LogP contribution in [0, 0.1) is 34.0 Å². The second-order valence-electron chi connectivity index (χ2n) is 11.6. The molecule has 0 aromatic rings. The maximum atomic E-state index is 12.2. The fourth-order valence-electron chi connectivity index (χ4n) is 11.3. The lowest BCUT2D eigenvalue weighted by Gasteiger charge is -2.66. The van der Waals surface area contributed by atoms with Crippen LogP contribution in [0.5, 0.6) is 0 Å². The average Bonchev–Trinajstić information content (AvgIpc) is 2.97. The fourth-order valence-corrected chi connectivity index (χ4v) is 11.3. The molecule has 6 heteroatoms. The predicted octanol–water partition coefficient (Wildman–Crippen LogP) is -0.967. The van der Waals surface area contributed by atoms with Crippen molar-refractivity contribution in [3.05, 3.63) is 12.2 Å². The number of aliphatic hydroxyl groups is 3. The maximum Gasteiger partial charge on any atom is 0.302 e. The summed E-state index contributed by atoms with van der Waals surface area (Å²) in [6, 6.07) is 0.412. The third-order valence-electron chi connectivity index (χ3n) is 10.8. The minimum atomic E-state index is -1.16. The van der Waals surface area contributed by atoms with Crippen molar-refractivity contribution in [2.45, 2.75) is 75.5 Å². The molecule has 28 heavy (non-hydrogen) atoms. The SMILES string of the molecule is C=C1C[C@@]23C[C@H]4[C@@H]5C6(C)C[C@H](OC(C)=O)C[C@@]57[C@@H]2[C@@H](O)[C@@H]1[C@@H](O)[C@]3(O)[C@H]7[NH+]4C6. The summed E-state index contributed by atoms with van der Waals surface area (Å²) in [6.07, 6.45) is 1.41. The number of aliphatic hydroxyl groups excluding tert-OH is 2. The van der Waals surface area contributed by atoms with E-state index in [4.69, 9.17) is 4.74 Å². The van der Waals surface area contributed by atoms with Gasteiger partial charge in [0.25, 0.3) is 0 Å². The Labute approximate surface area is 164 Å². The Balaban J connectivity index is 1.49. The first-order chi connectivity index (χ1) is 13.1. The van der Waals surface area contributed by atoms with Crippen LogP contribution < -0.4 is 4.90 Å². The molecule has 152 valence electrons. The maximum absolute atomic E-state index is 12.2. The quantitative estimate of drug-likeness (QED) is 0.343. The van der Waals surface area contributed by atoms with Crippen LogP contribution in [0.25, 0.3) is 0 Å². The van der Waals surface area contributed by atoms with Gasteiger partial charge in [0.15, 0.2) is 0 Å². The number of hydrogen-bond acceptors (Lipinski definition) is 5. The zero-order valence-corrected chi connectivity index (χ0v) is 16.5. The standard InChI is InChI=1S/C22H29NO5/c1-9-4-20-7-12-15-19(3)5-11(28-10(2)24)6-21(15)16(20)14(25)13(9)17(26)22(20,27)18(21)23(12)8-19/h11-18,25-27H,1,4-8H2,2-3H3/p+1/t11-,12-,13+,14-,15+,16+,17+,18-,19?,20+,21-,22-/m0/s1. The molecule has 2 unspecified atom stereocenters. The van der Waals surface area contributed by atoms with Crippen molar-refractivity contribution < 1.29 is 29.8 Å². The van der Waals surface area contributed by atoms with E-state index in [0.717, 1.165) is 37.8 Å². The molecule has 3 aliphatic heterocycles. The monoisotopic (exact) mass is 388 g/mol. The summed E-state index contributed by atoms with van der Waals surface area (Å²) in [7, 11) is 0. The largest absolute Gasteiger partial charge is 0.463 e. The molecule has 9 fully saturated rings. The highest BCUT2D eigenvalue weighted by atomic mass is 16.5. The van der Waals surface area contributed by atoms with E-state index in [0.29, 0.717) is 12.0 Å². The second-order valence-corrected chi connectivity index (χ2v) is 11.6. The number of ether oxygens (including phenoxy) is 1. The smallest absolute Gasteiger partial charge is 0.302 e. The van der Waals surface area contributed by atoms with Crippen molar-refractivity contribution in [2.75, 3.05) is 6.54 Å². The molecule has 3 heterocycles. The first kappa shape index (κ1) is 16.8. The molecule has 4 N–H and O–H groups in total. The van der Waals surface area contributed by atoms with Crippen molar-refractivity contribution >= 4 is 5.97 Å². The number of hydrogen-bond donors (Lipinski definition) is 4. The van der Waals surface area contributed by atoms with E-state index in [2.05, 4.69) is 13.5 Å². The zero-order chi connectivity index (χ0) is 19.6. The van der Waals surface area contributed by atoms with E-state index in [-0.39, 0.29) is 34.9 Å². The number of piperidine rings is 2. The van der Waals surface area contributed by atoms with Gasteiger partial charge in [-0.2, -0.15) is 0 Å². The number of rotatable bonds is 1. The van der Waals surface area contributed by atoms with Crippen molar-refractivity contribution in [3.8, 4) is 0 Å². The lowest BCUT2D eigenvalue weighted by Crippen LogP contribution is -3.21. The van der Waals surface area contributed by atoms with Gasteiger partial charge in [-0.25, -0.2) is 0 Å². The van der Waals surface area contributed by atoms with Crippen molar-refractivity contribution in [3.63, 3.8) is 0 Å². The van der Waals surface area contributed by atoms with Gasteiger partial charge in [0.2, 0.25) is 0 Å². The molecule has 0 aromatic heterocycles. The van der Waals surface area contributed by atoms with Gasteiger partial charge in [-0.1, -0.05) is 19.1 Å². The molecule has 3 saturated heterocycles. The molecule has 9 bridgehead atoms. The summed E-state index contributed by atoms with van der Waals surface area (Å²) in [5.74, 6) is -0.301. The van der Waals surface area contributed by atoms with Gasteiger partial charge in [0.1, 0.15) is 17.7 Å². The van der Waals surface area contributed by atoms with E-state index in [1.807, 2.05) is 0 Å². The normalized spacial score (nSPS) is 69.3. The van der Waals surface area contributed by atoms with Crippen molar-refractivity contribution in [2.24, 2.45) is 34.0 Å². The van der Waals surface area contributed by atoms with E-state index >= 15 is 0 Å². The van der Waals surface area contributed by atoms with E-state index in [1.54, 1.807) is 0 Å². The van der Waals surface area contributed by atoms with E-state index in [9.17, 15) is 20.1 Å². The Kier molecular flexibility index (Phi) is 2.55. The summed E-state index contributed by atoms with van der Waals surface area (Å²) in [5, 5.41) is 35.1. The lowest BCUT2D eigenvalue weighted by atomic mass is 9.39. The van der Waals surface area contributed by atoms with Crippen LogP contribution in [0.1, 0.15) is 39.5 Å². The summed E-state index contributed by atoms with van der Waals surface area (Å²) in [4.78, 5) is 13.2. The molecular weight excluding hydrogens is 358 g/mol. The highest BCUT2D eigenvalue weighted by Crippen LogP contribution is 2.84. The Hall–Kier alpha value is -0.950. The molecule has 13 atom stereocenters. The predicted molar refractivity (Wildman–Crippen MR) is 97.0 cm³/mol. The van der Waals surface area contributed by atoms with Gasteiger partial charge in [-0.3, -0.25) is 4.79 Å². The number of carbonyl (C=O) groups excluding carboxylic acids is 1. The van der Waals surface area contributed by atoms with Crippen LogP contribution in [-0.4, -0.2) is 63.8 Å². The van der Waals surface area contributed by atoms with E-state index in [1.165, 1.54) is 11.8 Å². The third kappa shape index (κ3) is 1.26. The number of quaternary nitrogens is 1. The van der Waals surface area contributed by atoms with Crippen molar-refractivity contribution in [1.82, 2.24) is 0 Å². The van der Waals surface area contributed by atoms with Crippen LogP contribution in [0.4, 0.5) is 0 Å². The summed E-state index contributed by atoms with van der Waals surface area (Å²) in [6.45, 7) is 8.96. The lowest BCUT2D eigenvalue weighted by molar-refractivity contribution is -0.949. The molecule has 6 aliphatic carbocycles. The number of fused-ring (bicyclic) bond motifs is 1. The first-order valence-corrected chi connectivity index (χ1v) is 10.9. The zero-order valence-electron chi connectivity index (χ0n) is 16.5. The van der Waals surface area contributed by atoms with E-state index < -0.39 is 29.1 Å². The van der Waals surface area contributed by atoms with Crippen LogP contribution in [0.2, 0.25) is 0 Å². The minimum absolute atomic E-state index is 0.0365. The van der Waals surface area contributed by atoms with Gasteiger partial charge < -0.3 is 25.0 Å². The first-order valence-electron chi connectivity index (χ1n) is 10.9. The Morgan fingerprint density at radius 3 is 2.71 bits per heavy atom. The Bertz CT molecular complexity index is 860. The third-order valence-corrected chi connectivity index (χ3v) is 10.8. The van der Waals surface area contributed by atoms with Crippen LogP contribution in [0.15, 0.2) is 12.2 Å². The fraction of sp³-hybridized carbons (Fsp3) is 0.864. The number of esters is 1. The van der Waals surface area contributed by atoms with Crippen LogP contribution in [-0.2, 0) is 9.53 Å². The van der Waals surface area contributed by atoms with Gasteiger partial charge in [-0.15, -0.1) is 0 Å². The molecule has 6 saturated carbocycles.